The molecular formula is C96H68N8S. The molecule has 0 aliphatic carbocycles. The highest BCUT2D eigenvalue weighted by molar-refractivity contribution is 7.21. The smallest absolute Gasteiger partial charge is 0.140 e. The molecule has 5 aromatic heterocycles. The molecule has 0 radical (unpaired) electrons. The summed E-state index contributed by atoms with van der Waals surface area (Å²) >= 11 is 1.74. The van der Waals surface area contributed by atoms with Crippen molar-refractivity contribution in [1.82, 2.24) is 28.2 Å². The van der Waals surface area contributed by atoms with Crippen LogP contribution in [0, 0.1) is 6.92 Å². The summed E-state index contributed by atoms with van der Waals surface area (Å²) in [4.78, 5) is 14.9. The number of hydrogen-bond acceptors (Lipinski definition) is 5. The fourth-order valence-electron chi connectivity index (χ4n) is 15.6. The van der Waals surface area contributed by atoms with Gasteiger partial charge < -0.3 is 28.1 Å². The Bertz CT molecular complexity index is 6490. The van der Waals surface area contributed by atoms with Gasteiger partial charge in [0.25, 0.3) is 0 Å². The molecule has 0 spiro atoms. The third-order valence-electron chi connectivity index (χ3n) is 20.3. The van der Waals surface area contributed by atoms with Crippen LogP contribution >= 0.6 is 11.3 Å². The van der Waals surface area contributed by atoms with E-state index in [1.165, 1.54) is 64.6 Å². The maximum atomic E-state index is 5.30. The maximum absolute atomic E-state index is 5.30. The molecule has 0 aliphatic rings. The minimum Gasteiger partial charge on any atom is -0.327 e. The third-order valence-corrected chi connectivity index (χ3v) is 21.4. The monoisotopic (exact) mass is 1360 g/mol. The van der Waals surface area contributed by atoms with Crippen LogP contribution in [-0.2, 0) is 7.05 Å². The molecular weight excluding hydrogens is 1300 g/mol. The first-order valence-electron chi connectivity index (χ1n) is 35.6. The van der Waals surface area contributed by atoms with Crippen molar-refractivity contribution in [3.05, 3.63) is 382 Å². The zero-order valence-electron chi connectivity index (χ0n) is 57.8. The Morgan fingerprint density at radius 3 is 1.15 bits per heavy atom. The number of aryl methyl sites for hydroxylation is 1. The van der Waals surface area contributed by atoms with Gasteiger partial charge in [-0.1, -0.05) is 212 Å². The van der Waals surface area contributed by atoms with Gasteiger partial charge in [-0.3, -0.25) is 0 Å². The highest BCUT2D eigenvalue weighted by Gasteiger charge is 2.25. The van der Waals surface area contributed by atoms with Crippen LogP contribution in [0.5, 0.6) is 0 Å². The number of anilines is 6. The van der Waals surface area contributed by atoms with Crippen molar-refractivity contribution in [2.45, 2.75) is 6.92 Å². The molecule has 20 rings (SSSR count). The van der Waals surface area contributed by atoms with Crippen LogP contribution in [0.2, 0.25) is 0 Å². The van der Waals surface area contributed by atoms with E-state index in [0.717, 1.165) is 112 Å². The van der Waals surface area contributed by atoms with Crippen molar-refractivity contribution in [1.29, 1.82) is 0 Å². The molecule has 0 bridgehead atoms. The number of fused-ring (bicyclic) bond motifs is 10. The average Bonchev–Trinajstić information content (AvgIpc) is 1.69. The Labute approximate surface area is 612 Å². The lowest BCUT2D eigenvalue weighted by Crippen LogP contribution is -2.10. The van der Waals surface area contributed by atoms with E-state index in [1.807, 2.05) is 6.07 Å². The number of nitrogens with zero attached hydrogens (tertiary/aromatic N) is 8. The van der Waals surface area contributed by atoms with Crippen molar-refractivity contribution in [2.75, 3.05) is 9.80 Å². The van der Waals surface area contributed by atoms with E-state index in [-0.39, 0.29) is 0 Å². The number of rotatable bonds is 13. The SMILES string of the molecule is Cc1ccc(N(c2ccccc2)c2cccc3c2c2ccccc2n3-c2ccc(-c3nc4ccccc4s3)cc2)cc1.Cn1c(-c2ccc(-n3c4ccccc4c4c(N(c5ccccc5)c5ccc(-n6c7ccccc7c7ccccc76)cc5)cccc43)cc2)nc(-c2ccccc2)c1-c1ccccc1. The maximum Gasteiger partial charge on any atom is 0.140 e. The van der Waals surface area contributed by atoms with Crippen LogP contribution in [-0.4, -0.2) is 28.2 Å². The number of benzene rings is 15. The molecule has 0 aliphatic heterocycles. The average molecular weight is 1370 g/mol. The molecule has 0 saturated heterocycles. The Hall–Kier alpha value is -13.6. The van der Waals surface area contributed by atoms with E-state index in [9.17, 15) is 0 Å². The van der Waals surface area contributed by atoms with Crippen LogP contribution in [0.25, 0.3) is 137 Å². The molecule has 15 aromatic carbocycles. The van der Waals surface area contributed by atoms with Gasteiger partial charge >= 0.3 is 0 Å². The quantitative estimate of drug-likeness (QED) is 0.115. The molecule has 0 amide bonds. The standard InChI is InChI=1S/C58H41N5.C38H27N3S/c1-60-57(41-20-7-3-8-21-41)56(40-18-5-2-6-19-40)59-58(60)42-32-34-45(35-33-42)63-52-29-16-13-26-49(52)55-53(30-17-31-54(55)63)61(43-22-9-4-10-23-43)44-36-38-46(39-37-44)62-50-27-14-11-24-47(50)48-25-12-15-28-51(48)62;1-26-18-22-29(23-19-26)40(28-10-3-2-4-11-28)34-15-9-16-35-37(34)31-12-5-7-14-33(31)41(35)30-24-20-27(21-25-30)38-39-32-13-6-8-17-36(32)42-38/h2-39H,1H3;2-25H,1H3. The topological polar surface area (TPSA) is 52.0 Å². The van der Waals surface area contributed by atoms with Crippen molar-refractivity contribution in [2.24, 2.45) is 7.05 Å². The lowest BCUT2D eigenvalue weighted by molar-refractivity contribution is 0.933. The highest BCUT2D eigenvalue weighted by Crippen LogP contribution is 2.47. The first-order valence-corrected chi connectivity index (χ1v) is 36.4. The lowest BCUT2D eigenvalue weighted by Gasteiger charge is -2.27. The first-order chi connectivity index (χ1) is 52.0. The van der Waals surface area contributed by atoms with Gasteiger partial charge in [-0.15, -0.1) is 11.3 Å². The number of hydrogen-bond donors (Lipinski definition) is 0. The highest BCUT2D eigenvalue weighted by atomic mass is 32.1. The first kappa shape index (κ1) is 62.4. The molecule has 9 heteroatoms. The predicted molar refractivity (Wildman–Crippen MR) is 442 cm³/mol. The number of para-hydroxylation sites is 7. The second kappa shape index (κ2) is 26.4. The molecule has 498 valence electrons. The van der Waals surface area contributed by atoms with Crippen LogP contribution < -0.4 is 9.80 Å². The van der Waals surface area contributed by atoms with Crippen molar-refractivity contribution in [3.8, 4) is 61.5 Å². The van der Waals surface area contributed by atoms with E-state index < -0.39 is 0 Å². The van der Waals surface area contributed by atoms with Crippen LogP contribution in [0.1, 0.15) is 5.56 Å². The third kappa shape index (κ3) is 11.0. The minimum absolute atomic E-state index is 0.923. The molecule has 105 heavy (non-hydrogen) atoms. The Kier molecular flexibility index (Phi) is 15.7. The van der Waals surface area contributed by atoms with Gasteiger partial charge in [-0.05, 0) is 177 Å². The van der Waals surface area contributed by atoms with Crippen molar-refractivity contribution in [3.63, 3.8) is 0 Å². The molecule has 0 fully saturated rings. The van der Waals surface area contributed by atoms with Gasteiger partial charge in [-0.2, -0.15) is 0 Å². The summed E-state index contributed by atoms with van der Waals surface area (Å²) in [5, 5.41) is 8.40. The predicted octanol–water partition coefficient (Wildman–Crippen LogP) is 25.9. The van der Waals surface area contributed by atoms with Gasteiger partial charge in [0.2, 0.25) is 0 Å². The Balaban J connectivity index is 0.000000156. The number of aromatic nitrogens is 6. The molecule has 20 aromatic rings. The fraction of sp³-hybridized carbons (Fsp3) is 0.0208. The molecule has 5 heterocycles. The van der Waals surface area contributed by atoms with Crippen LogP contribution in [0.3, 0.4) is 0 Å². The fourth-order valence-corrected chi connectivity index (χ4v) is 16.5. The van der Waals surface area contributed by atoms with Crippen LogP contribution in [0.4, 0.5) is 34.1 Å². The van der Waals surface area contributed by atoms with E-state index in [2.05, 4.69) is 412 Å². The van der Waals surface area contributed by atoms with Gasteiger partial charge in [0.15, 0.2) is 0 Å². The molecule has 8 nitrogen and oxygen atoms in total. The molecule has 0 atom stereocenters. The summed E-state index contributed by atoms with van der Waals surface area (Å²) < 4.78 is 10.6. The van der Waals surface area contributed by atoms with Crippen LogP contribution in [0.15, 0.2) is 376 Å². The summed E-state index contributed by atoms with van der Waals surface area (Å²) in [6, 6.07) is 134. The van der Waals surface area contributed by atoms with E-state index >= 15 is 0 Å². The number of thiazole rings is 1. The van der Waals surface area contributed by atoms with Gasteiger partial charge in [-0.25, -0.2) is 9.97 Å². The largest absolute Gasteiger partial charge is 0.327 e. The summed E-state index contributed by atoms with van der Waals surface area (Å²) in [6.45, 7) is 2.13. The van der Waals surface area contributed by atoms with Gasteiger partial charge in [0, 0.05) is 101 Å². The van der Waals surface area contributed by atoms with E-state index in [0.29, 0.717) is 0 Å². The second-order valence-corrected chi connectivity index (χ2v) is 27.6. The normalized spacial score (nSPS) is 11.5. The van der Waals surface area contributed by atoms with E-state index in [1.54, 1.807) is 11.3 Å². The second-order valence-electron chi connectivity index (χ2n) is 26.6. The summed E-state index contributed by atoms with van der Waals surface area (Å²) in [7, 11) is 2.12. The van der Waals surface area contributed by atoms with Crippen molar-refractivity contribution >= 4 is 121 Å². The summed E-state index contributed by atoms with van der Waals surface area (Å²) in [5.74, 6) is 0.923. The summed E-state index contributed by atoms with van der Waals surface area (Å²) in [5.41, 5.74) is 25.9. The lowest BCUT2D eigenvalue weighted by atomic mass is 10.1. The van der Waals surface area contributed by atoms with Gasteiger partial charge in [0.1, 0.15) is 10.8 Å². The zero-order chi connectivity index (χ0) is 69.9. The zero-order valence-corrected chi connectivity index (χ0v) is 58.6. The minimum atomic E-state index is 0.923. The van der Waals surface area contributed by atoms with Crippen molar-refractivity contribution < 1.29 is 0 Å². The Morgan fingerprint density at radius 2 is 0.657 bits per heavy atom. The Morgan fingerprint density at radius 1 is 0.286 bits per heavy atom. The molecule has 0 saturated carbocycles. The molecule has 0 unspecified atom stereocenters. The summed E-state index contributed by atoms with van der Waals surface area (Å²) in [6.07, 6.45) is 0. The van der Waals surface area contributed by atoms with Gasteiger partial charge in [0.05, 0.1) is 66.1 Å². The molecule has 0 N–H and O–H groups in total. The number of imidazole rings is 1. The van der Waals surface area contributed by atoms with E-state index in [4.69, 9.17) is 9.97 Å².